The van der Waals surface area contributed by atoms with Gasteiger partial charge in [0.15, 0.2) is 0 Å². The average Bonchev–Trinajstić information content (AvgIpc) is 2.45. The molecule has 0 amide bonds. The molecule has 0 saturated carbocycles. The molecule has 0 spiro atoms. The van der Waals surface area contributed by atoms with Crippen molar-refractivity contribution in [3.63, 3.8) is 0 Å². The zero-order chi connectivity index (χ0) is 15.4. The molecule has 1 heterocycles. The fraction of sp³-hybridized carbons (Fsp3) is 0.250. The molecule has 0 aliphatic heterocycles. The van der Waals surface area contributed by atoms with E-state index in [1.165, 1.54) is 0 Å². The molecular formula is C16H18N4O. The van der Waals surface area contributed by atoms with Gasteiger partial charge in [0.1, 0.15) is 11.9 Å². The van der Waals surface area contributed by atoms with E-state index in [4.69, 9.17) is 5.73 Å². The van der Waals surface area contributed by atoms with E-state index in [-0.39, 0.29) is 6.54 Å². The maximum Gasteiger partial charge on any atom is 0.144 e. The lowest BCUT2D eigenvalue weighted by atomic mass is 10.1. The van der Waals surface area contributed by atoms with Gasteiger partial charge in [-0.15, -0.1) is 0 Å². The summed E-state index contributed by atoms with van der Waals surface area (Å²) in [6.07, 6.45) is -0.695. The number of hydrogen-bond acceptors (Lipinski definition) is 5. The molecule has 0 aliphatic carbocycles. The Morgan fingerprint density at radius 3 is 2.62 bits per heavy atom. The number of aliphatic hydroxyl groups is 1. The number of nitrogen functional groups attached to an aromatic ring is 1. The number of aryl methyl sites for hydroxylation is 2. The first-order chi connectivity index (χ1) is 10.0. The normalized spacial score (nSPS) is 11.7. The molecule has 108 valence electrons. The number of anilines is 2. The first kappa shape index (κ1) is 14.8. The van der Waals surface area contributed by atoms with Gasteiger partial charge >= 0.3 is 0 Å². The molecule has 5 heteroatoms. The molecule has 1 aromatic carbocycles. The fourth-order valence-electron chi connectivity index (χ4n) is 2.14. The molecule has 5 nitrogen and oxygen atoms in total. The van der Waals surface area contributed by atoms with Crippen LogP contribution in [0.25, 0.3) is 0 Å². The van der Waals surface area contributed by atoms with Crippen molar-refractivity contribution in [1.82, 2.24) is 4.98 Å². The summed E-state index contributed by atoms with van der Waals surface area (Å²) in [6, 6.07) is 11.0. The molecule has 1 atom stereocenters. The van der Waals surface area contributed by atoms with Crippen LogP contribution in [-0.2, 0) is 0 Å². The number of pyridine rings is 1. The van der Waals surface area contributed by atoms with Crippen LogP contribution in [0, 0.1) is 25.2 Å². The summed E-state index contributed by atoms with van der Waals surface area (Å²) in [5, 5.41) is 22.4. The average molecular weight is 282 g/mol. The Balaban J connectivity index is 2.13. The zero-order valence-electron chi connectivity index (χ0n) is 12.1. The summed E-state index contributed by atoms with van der Waals surface area (Å²) in [7, 11) is 0. The number of hydrogen-bond donors (Lipinski definition) is 3. The smallest absolute Gasteiger partial charge is 0.144 e. The van der Waals surface area contributed by atoms with Crippen LogP contribution in [0.15, 0.2) is 30.3 Å². The van der Waals surface area contributed by atoms with Crippen LogP contribution in [0.4, 0.5) is 11.5 Å². The quantitative estimate of drug-likeness (QED) is 0.748. The van der Waals surface area contributed by atoms with E-state index in [1.54, 1.807) is 24.3 Å². The lowest BCUT2D eigenvalue weighted by Crippen LogP contribution is -2.14. The van der Waals surface area contributed by atoms with Crippen LogP contribution in [0.2, 0.25) is 0 Å². The molecule has 0 radical (unpaired) electrons. The van der Waals surface area contributed by atoms with Gasteiger partial charge in [0.05, 0.1) is 11.7 Å². The van der Waals surface area contributed by atoms with Gasteiger partial charge in [-0.2, -0.15) is 5.26 Å². The maximum atomic E-state index is 10.2. The third-order valence-electron chi connectivity index (χ3n) is 3.24. The fourth-order valence-corrected chi connectivity index (χ4v) is 2.14. The van der Waals surface area contributed by atoms with Gasteiger partial charge in [-0.25, -0.2) is 4.98 Å². The largest absolute Gasteiger partial charge is 0.399 e. The zero-order valence-corrected chi connectivity index (χ0v) is 12.1. The van der Waals surface area contributed by atoms with Crippen LogP contribution in [-0.4, -0.2) is 16.6 Å². The second-order valence-corrected chi connectivity index (χ2v) is 4.98. The molecule has 0 fully saturated rings. The van der Waals surface area contributed by atoms with Crippen molar-refractivity contribution in [1.29, 1.82) is 5.26 Å². The molecular weight excluding hydrogens is 264 g/mol. The summed E-state index contributed by atoms with van der Waals surface area (Å²) < 4.78 is 0. The van der Waals surface area contributed by atoms with E-state index >= 15 is 0 Å². The predicted octanol–water partition coefficient (Wildman–Crippen LogP) is 2.30. The SMILES string of the molecule is Cc1cc(C)c(C#N)c(NCC(O)c2ccc(N)cc2)n1. The van der Waals surface area contributed by atoms with Crippen molar-refractivity contribution in [2.24, 2.45) is 0 Å². The van der Waals surface area contributed by atoms with E-state index in [0.717, 1.165) is 16.8 Å². The Morgan fingerprint density at radius 1 is 1.33 bits per heavy atom. The Morgan fingerprint density at radius 2 is 2.00 bits per heavy atom. The Hall–Kier alpha value is -2.58. The standard InChI is InChI=1S/C16H18N4O/c1-10-7-11(2)20-16(14(10)8-17)19-9-15(21)12-3-5-13(18)6-4-12/h3-7,15,21H,9,18H2,1-2H3,(H,19,20). The summed E-state index contributed by atoms with van der Waals surface area (Å²) >= 11 is 0. The van der Waals surface area contributed by atoms with E-state index in [0.29, 0.717) is 17.1 Å². The predicted molar refractivity (Wildman–Crippen MR) is 82.7 cm³/mol. The monoisotopic (exact) mass is 282 g/mol. The Kier molecular flexibility index (Phi) is 4.41. The lowest BCUT2D eigenvalue weighted by Gasteiger charge is -2.15. The van der Waals surface area contributed by atoms with Gasteiger partial charge in [0.2, 0.25) is 0 Å². The van der Waals surface area contributed by atoms with Crippen LogP contribution in [0.5, 0.6) is 0 Å². The number of nitrogens with two attached hydrogens (primary N) is 1. The first-order valence-corrected chi connectivity index (χ1v) is 6.67. The van der Waals surface area contributed by atoms with Crippen molar-refractivity contribution in [2.45, 2.75) is 20.0 Å². The van der Waals surface area contributed by atoms with Crippen molar-refractivity contribution in [2.75, 3.05) is 17.6 Å². The molecule has 1 aromatic heterocycles. The Bertz CT molecular complexity index is 674. The van der Waals surface area contributed by atoms with Crippen molar-refractivity contribution >= 4 is 11.5 Å². The summed E-state index contributed by atoms with van der Waals surface area (Å²) in [4.78, 5) is 4.32. The third-order valence-corrected chi connectivity index (χ3v) is 3.24. The summed E-state index contributed by atoms with van der Waals surface area (Å²) in [6.45, 7) is 4.01. The number of nitrogens with zero attached hydrogens (tertiary/aromatic N) is 2. The molecule has 4 N–H and O–H groups in total. The number of nitriles is 1. The van der Waals surface area contributed by atoms with Gasteiger partial charge < -0.3 is 16.2 Å². The maximum absolute atomic E-state index is 10.2. The minimum absolute atomic E-state index is 0.272. The van der Waals surface area contributed by atoms with Gasteiger partial charge in [-0.1, -0.05) is 12.1 Å². The molecule has 2 rings (SSSR count). The minimum atomic E-state index is -0.695. The molecule has 0 saturated heterocycles. The highest BCUT2D eigenvalue weighted by molar-refractivity contribution is 5.56. The van der Waals surface area contributed by atoms with Gasteiger partial charge in [-0.05, 0) is 43.2 Å². The van der Waals surface area contributed by atoms with Crippen molar-refractivity contribution in [3.05, 3.63) is 52.7 Å². The van der Waals surface area contributed by atoms with Crippen molar-refractivity contribution in [3.8, 4) is 6.07 Å². The molecule has 21 heavy (non-hydrogen) atoms. The van der Waals surface area contributed by atoms with Crippen LogP contribution >= 0.6 is 0 Å². The van der Waals surface area contributed by atoms with E-state index in [9.17, 15) is 10.4 Å². The van der Waals surface area contributed by atoms with Gasteiger partial charge in [0.25, 0.3) is 0 Å². The van der Waals surface area contributed by atoms with Crippen LogP contribution in [0.1, 0.15) is 28.5 Å². The molecule has 2 aromatic rings. The number of aromatic nitrogens is 1. The van der Waals surface area contributed by atoms with Gasteiger partial charge in [-0.3, -0.25) is 0 Å². The summed E-state index contributed by atoms with van der Waals surface area (Å²) in [5.74, 6) is 0.504. The van der Waals surface area contributed by atoms with Crippen LogP contribution < -0.4 is 11.1 Å². The second-order valence-electron chi connectivity index (χ2n) is 4.98. The molecule has 0 bridgehead atoms. The van der Waals surface area contributed by atoms with Crippen molar-refractivity contribution < 1.29 is 5.11 Å². The van der Waals surface area contributed by atoms with Gasteiger partial charge in [0, 0.05) is 17.9 Å². The van der Waals surface area contributed by atoms with E-state index in [1.807, 2.05) is 19.9 Å². The number of nitrogens with one attached hydrogen (secondary N) is 1. The minimum Gasteiger partial charge on any atom is -0.399 e. The number of aliphatic hydroxyl groups excluding tert-OH is 1. The second kappa shape index (κ2) is 6.25. The van der Waals surface area contributed by atoms with E-state index in [2.05, 4.69) is 16.4 Å². The lowest BCUT2D eigenvalue weighted by molar-refractivity contribution is 0.191. The Labute approximate surface area is 124 Å². The molecule has 0 aliphatic rings. The topological polar surface area (TPSA) is 95.0 Å². The van der Waals surface area contributed by atoms with E-state index < -0.39 is 6.10 Å². The highest BCUT2D eigenvalue weighted by Gasteiger charge is 2.11. The first-order valence-electron chi connectivity index (χ1n) is 6.67. The third kappa shape index (κ3) is 3.50. The summed E-state index contributed by atoms with van der Waals surface area (Å²) in [5.41, 5.74) is 9.24. The number of rotatable bonds is 4. The van der Waals surface area contributed by atoms with Crippen LogP contribution in [0.3, 0.4) is 0 Å². The highest BCUT2D eigenvalue weighted by atomic mass is 16.3. The molecule has 1 unspecified atom stereocenters. The number of benzene rings is 1. The highest BCUT2D eigenvalue weighted by Crippen LogP contribution is 2.20.